The van der Waals surface area contributed by atoms with Gasteiger partial charge in [0.1, 0.15) is 0 Å². The molecule has 116 valence electrons. The van der Waals surface area contributed by atoms with Crippen LogP contribution < -0.4 is 0 Å². The summed E-state index contributed by atoms with van der Waals surface area (Å²) in [5, 5.41) is 0. The molecule has 2 aromatic rings. The van der Waals surface area contributed by atoms with E-state index in [0.29, 0.717) is 11.1 Å². The van der Waals surface area contributed by atoms with Gasteiger partial charge < -0.3 is 0 Å². The van der Waals surface area contributed by atoms with Crippen molar-refractivity contribution >= 4 is 11.6 Å². The average Bonchev–Trinajstić information content (AvgIpc) is 2.56. The fourth-order valence-electron chi connectivity index (χ4n) is 1.89. The Hall–Kier alpha value is -1.79. The molecule has 22 heavy (non-hydrogen) atoms. The number of carbonyl (C=O) groups excluding carboxylic acids is 2. The van der Waals surface area contributed by atoms with E-state index in [-0.39, 0.29) is 11.6 Å². The second-order valence-corrected chi connectivity index (χ2v) is 8.03. The summed E-state index contributed by atoms with van der Waals surface area (Å²) in [5.41, 5.74) is 2.25. The van der Waals surface area contributed by atoms with Gasteiger partial charge in [0.25, 0.3) is 0 Å². The molecule has 2 rings (SSSR count). The Bertz CT molecular complexity index is 611. The topological polar surface area (TPSA) is 34.1 Å². The summed E-state index contributed by atoms with van der Waals surface area (Å²) in [6.45, 7) is 5.84. The van der Waals surface area contributed by atoms with Gasteiger partial charge in [-0.15, -0.1) is 0 Å². The van der Waals surface area contributed by atoms with Crippen molar-refractivity contribution in [1.82, 2.24) is 0 Å². The van der Waals surface area contributed by atoms with Gasteiger partial charge in [-0.3, -0.25) is 0 Å². The second kappa shape index (κ2) is 8.00. The maximum atomic E-state index is 12.7. The number of carbonyl (C=O) groups is 2. The first kappa shape index (κ1) is 16.6. The van der Waals surface area contributed by atoms with E-state index in [2.05, 4.69) is 6.58 Å². The number of ketones is 2. The molecule has 2 nitrogen and oxygen atoms in total. The van der Waals surface area contributed by atoms with Crippen LogP contribution in [0.5, 0.6) is 0 Å². The van der Waals surface area contributed by atoms with E-state index in [1.807, 2.05) is 43.3 Å². The van der Waals surface area contributed by atoms with Crippen molar-refractivity contribution in [3.05, 3.63) is 83.9 Å². The first-order valence-electron chi connectivity index (χ1n) is 6.92. The Morgan fingerprint density at radius 3 is 1.68 bits per heavy atom. The Morgan fingerprint density at radius 1 is 0.909 bits per heavy atom. The molecular formula is C19H18O2Pt. The van der Waals surface area contributed by atoms with E-state index in [1.54, 1.807) is 24.3 Å². The minimum atomic E-state index is -0.623. The van der Waals surface area contributed by atoms with Crippen LogP contribution >= 0.6 is 0 Å². The van der Waals surface area contributed by atoms with Crippen LogP contribution in [0.1, 0.15) is 27.6 Å². The number of benzene rings is 2. The molecule has 0 unspecified atom stereocenters. The monoisotopic (exact) mass is 473 g/mol. The Labute approximate surface area is 139 Å². The molecule has 0 aromatic heterocycles. The van der Waals surface area contributed by atoms with E-state index < -0.39 is 22.9 Å². The molecule has 0 fully saturated rings. The van der Waals surface area contributed by atoms with Crippen molar-refractivity contribution in [1.29, 1.82) is 0 Å². The summed E-state index contributed by atoms with van der Waals surface area (Å²) in [5.74, 6) is -0.131. The third-order valence-electron chi connectivity index (χ3n) is 2.93. The van der Waals surface area contributed by atoms with Crippen LogP contribution in [0.3, 0.4) is 0 Å². The zero-order valence-electron chi connectivity index (χ0n) is 12.4. The van der Waals surface area contributed by atoms with Crippen molar-refractivity contribution in [2.24, 2.45) is 0 Å². The van der Waals surface area contributed by atoms with Crippen LogP contribution in [0.2, 0.25) is 9.12 Å². The number of Topliss-reactive ketones (excluding diaryl/α,β-unsaturated/α-hetero) is 2. The number of hydrogen-bond donors (Lipinski definition) is 0. The second-order valence-electron chi connectivity index (χ2n) is 4.99. The quantitative estimate of drug-likeness (QED) is 0.334. The summed E-state index contributed by atoms with van der Waals surface area (Å²) in [7, 11) is 0. The van der Waals surface area contributed by atoms with E-state index in [1.165, 1.54) is 0 Å². The van der Waals surface area contributed by atoms with Crippen molar-refractivity contribution < 1.29 is 28.2 Å². The van der Waals surface area contributed by atoms with Gasteiger partial charge in [0.2, 0.25) is 0 Å². The van der Waals surface area contributed by atoms with Crippen LogP contribution in [0.15, 0.2) is 72.8 Å². The van der Waals surface area contributed by atoms with E-state index >= 15 is 0 Å². The number of rotatable bonds is 7. The molecule has 0 N–H and O–H groups in total. The Morgan fingerprint density at radius 2 is 1.32 bits per heavy atom. The van der Waals surface area contributed by atoms with Gasteiger partial charge in [-0.05, 0) is 0 Å². The molecule has 0 radical (unpaired) electrons. The Balaban J connectivity index is 2.28. The molecule has 0 heterocycles. The van der Waals surface area contributed by atoms with Crippen LogP contribution in [0.4, 0.5) is 0 Å². The standard InChI is InChI=1S/C15H11O2.C4H7.Pt/c16-14(12-7-3-1-4-8-12)11-15(17)13-9-5-2-6-10-13;1-4(2)3;/h1-11H;1-2H2,3H3;. The molecule has 0 saturated heterocycles. The van der Waals surface area contributed by atoms with Crippen LogP contribution in [0.25, 0.3) is 0 Å². The number of allylic oxidation sites excluding steroid dienone is 1. The van der Waals surface area contributed by atoms with Crippen LogP contribution in [0, 0.1) is 0 Å². The summed E-state index contributed by atoms with van der Waals surface area (Å²) < 4.78 is -0.540. The fraction of sp³-hybridized carbons (Fsp3) is 0.158. The molecule has 0 bridgehead atoms. The number of hydrogen-bond acceptors (Lipinski definition) is 2. The van der Waals surface area contributed by atoms with Gasteiger partial charge in [0.15, 0.2) is 0 Å². The van der Waals surface area contributed by atoms with E-state index in [0.717, 1.165) is 10.4 Å². The molecule has 0 aliphatic heterocycles. The summed E-state index contributed by atoms with van der Waals surface area (Å²) in [6.07, 6.45) is 0. The molecule has 0 aliphatic carbocycles. The molecule has 3 heteroatoms. The summed E-state index contributed by atoms with van der Waals surface area (Å²) in [6, 6.07) is 18.2. The minimum absolute atomic E-state index is 0.0657. The summed E-state index contributed by atoms with van der Waals surface area (Å²) >= 11 is -0.623. The van der Waals surface area contributed by atoms with Crippen molar-refractivity contribution in [3.8, 4) is 0 Å². The SMILES string of the molecule is C=C(C)[CH2][Pt][CH](C(=O)c1ccccc1)C(=O)c1ccccc1. The average molecular weight is 473 g/mol. The molecule has 0 atom stereocenters. The zero-order valence-corrected chi connectivity index (χ0v) is 14.7. The van der Waals surface area contributed by atoms with Crippen LogP contribution in [-0.2, 0) is 18.6 Å². The third-order valence-corrected chi connectivity index (χ3v) is 6.88. The Kier molecular flexibility index (Phi) is 6.03. The van der Waals surface area contributed by atoms with Gasteiger partial charge in [0, 0.05) is 0 Å². The van der Waals surface area contributed by atoms with Gasteiger partial charge in [-0.1, -0.05) is 0 Å². The van der Waals surface area contributed by atoms with Gasteiger partial charge >= 0.3 is 140 Å². The van der Waals surface area contributed by atoms with Crippen molar-refractivity contribution in [2.75, 3.05) is 0 Å². The molecule has 0 aliphatic rings. The molecule has 0 saturated carbocycles. The van der Waals surface area contributed by atoms with E-state index in [4.69, 9.17) is 0 Å². The van der Waals surface area contributed by atoms with Gasteiger partial charge in [0.05, 0.1) is 0 Å². The van der Waals surface area contributed by atoms with Gasteiger partial charge in [-0.2, -0.15) is 0 Å². The van der Waals surface area contributed by atoms with Crippen molar-refractivity contribution in [2.45, 2.75) is 16.0 Å². The molecule has 0 spiro atoms. The molecule has 0 amide bonds. The normalized spacial score (nSPS) is 10.6. The predicted octanol–water partition coefficient (Wildman–Crippen LogP) is 4.62. The fourth-order valence-corrected chi connectivity index (χ4v) is 4.74. The third kappa shape index (κ3) is 4.35. The summed E-state index contributed by atoms with van der Waals surface area (Å²) in [4.78, 5) is 26.3. The molecular weight excluding hydrogens is 455 g/mol. The van der Waals surface area contributed by atoms with Crippen LogP contribution in [-0.4, -0.2) is 11.6 Å². The first-order valence-corrected chi connectivity index (χ1v) is 9.84. The molecule has 2 aromatic carbocycles. The maximum absolute atomic E-state index is 12.7. The van der Waals surface area contributed by atoms with Gasteiger partial charge in [-0.25, -0.2) is 0 Å². The van der Waals surface area contributed by atoms with Crippen molar-refractivity contribution in [3.63, 3.8) is 0 Å². The zero-order chi connectivity index (χ0) is 15.9. The van der Waals surface area contributed by atoms with E-state index in [9.17, 15) is 9.59 Å². The first-order chi connectivity index (χ1) is 10.6. The predicted molar refractivity (Wildman–Crippen MR) is 84.9 cm³/mol.